The lowest BCUT2D eigenvalue weighted by atomic mass is 10.1. The number of thioether (sulfide) groups is 2. The molecule has 5 rings (SSSR count). The lowest BCUT2D eigenvalue weighted by Gasteiger charge is -2.26. The molecule has 2 aliphatic heterocycles. The summed E-state index contributed by atoms with van der Waals surface area (Å²) in [4.78, 5) is 14.2. The number of nitrogens with zero attached hydrogens (tertiary/aromatic N) is 4. The molecular formula is C28H34N6S3. The van der Waals surface area contributed by atoms with E-state index >= 15 is 0 Å². The van der Waals surface area contributed by atoms with Gasteiger partial charge in [-0.05, 0) is 45.9 Å². The molecule has 37 heavy (non-hydrogen) atoms. The van der Waals surface area contributed by atoms with E-state index in [0.29, 0.717) is 0 Å². The second-order valence-corrected chi connectivity index (χ2v) is 11.8. The Bertz CT molecular complexity index is 1070. The number of aliphatic imine (C=N–C) groups is 2. The van der Waals surface area contributed by atoms with Crippen molar-refractivity contribution in [3.63, 3.8) is 0 Å². The SMILES string of the molecule is c1ccc(CCN2CN=C(SCc3cscc3CSC3=NCN(CCc4ccccc4)CN3)NC2)cc1. The van der Waals surface area contributed by atoms with Gasteiger partial charge in [0, 0.05) is 24.6 Å². The minimum absolute atomic E-state index is 0.766. The number of benzene rings is 2. The first-order chi connectivity index (χ1) is 18.3. The molecule has 194 valence electrons. The molecular weight excluding hydrogens is 517 g/mol. The van der Waals surface area contributed by atoms with Crippen molar-refractivity contribution in [3.8, 4) is 0 Å². The molecule has 0 saturated heterocycles. The van der Waals surface area contributed by atoms with E-state index in [-0.39, 0.29) is 0 Å². The van der Waals surface area contributed by atoms with E-state index in [1.54, 1.807) is 11.3 Å². The quantitative estimate of drug-likeness (QED) is 0.368. The molecule has 0 atom stereocenters. The molecule has 2 aromatic carbocycles. The zero-order valence-electron chi connectivity index (χ0n) is 21.0. The standard InChI is InChI=1S/C28H34N6S3/c1-3-7-23(8-4-1)11-13-33-19-29-27(30-20-33)36-17-25-15-35-16-26(25)18-37-28-31-21-34(22-32-28)14-12-24-9-5-2-6-10-24/h1-10,15-16H,11-14,17-22H2,(H,29,30)(H,31,32). The molecule has 3 heterocycles. The second kappa shape index (κ2) is 14.0. The van der Waals surface area contributed by atoms with Crippen LogP contribution in [-0.4, -0.2) is 59.9 Å². The summed E-state index contributed by atoms with van der Waals surface area (Å²) in [5.74, 6) is 1.89. The summed E-state index contributed by atoms with van der Waals surface area (Å²) in [5, 5.41) is 13.7. The van der Waals surface area contributed by atoms with Crippen molar-refractivity contribution in [2.45, 2.75) is 24.3 Å². The molecule has 0 fully saturated rings. The first kappa shape index (κ1) is 26.3. The minimum atomic E-state index is 0.766. The highest BCUT2D eigenvalue weighted by Gasteiger charge is 2.16. The zero-order valence-corrected chi connectivity index (χ0v) is 23.5. The van der Waals surface area contributed by atoms with Crippen LogP contribution in [0.2, 0.25) is 0 Å². The van der Waals surface area contributed by atoms with Gasteiger partial charge in [-0.1, -0.05) is 84.2 Å². The van der Waals surface area contributed by atoms with Gasteiger partial charge in [-0.2, -0.15) is 11.3 Å². The number of amidine groups is 2. The number of hydrogen-bond donors (Lipinski definition) is 2. The fourth-order valence-electron chi connectivity index (χ4n) is 4.15. The number of thiophene rings is 1. The van der Waals surface area contributed by atoms with Crippen molar-refractivity contribution in [1.29, 1.82) is 0 Å². The number of rotatable bonds is 10. The van der Waals surface area contributed by atoms with Gasteiger partial charge >= 0.3 is 0 Å². The van der Waals surface area contributed by atoms with Gasteiger partial charge in [-0.15, -0.1) is 0 Å². The first-order valence-corrected chi connectivity index (χ1v) is 15.6. The Kier molecular flexibility index (Phi) is 9.97. The van der Waals surface area contributed by atoms with Crippen LogP contribution in [-0.2, 0) is 24.3 Å². The first-order valence-electron chi connectivity index (χ1n) is 12.7. The van der Waals surface area contributed by atoms with Crippen LogP contribution in [0, 0.1) is 0 Å². The van der Waals surface area contributed by atoms with E-state index in [9.17, 15) is 0 Å². The minimum Gasteiger partial charge on any atom is -0.352 e. The maximum Gasteiger partial charge on any atom is 0.159 e. The molecule has 0 aliphatic carbocycles. The van der Waals surface area contributed by atoms with Crippen molar-refractivity contribution >= 4 is 45.2 Å². The predicted molar refractivity (Wildman–Crippen MR) is 161 cm³/mol. The third-order valence-electron chi connectivity index (χ3n) is 6.42. The van der Waals surface area contributed by atoms with Gasteiger partial charge < -0.3 is 10.6 Å². The van der Waals surface area contributed by atoms with Gasteiger partial charge in [0.05, 0.1) is 26.7 Å². The molecule has 0 spiro atoms. The predicted octanol–water partition coefficient (Wildman–Crippen LogP) is 5.05. The highest BCUT2D eigenvalue weighted by molar-refractivity contribution is 8.13. The molecule has 3 aromatic rings. The van der Waals surface area contributed by atoms with E-state index in [1.807, 2.05) is 23.5 Å². The molecule has 0 amide bonds. The largest absolute Gasteiger partial charge is 0.352 e. The molecule has 2 N–H and O–H groups in total. The third kappa shape index (κ3) is 8.35. The van der Waals surface area contributed by atoms with Gasteiger partial charge in [0.1, 0.15) is 0 Å². The van der Waals surface area contributed by atoms with E-state index < -0.39 is 0 Å². The van der Waals surface area contributed by atoms with Gasteiger partial charge in [-0.25, -0.2) is 9.98 Å². The lowest BCUT2D eigenvalue weighted by Crippen LogP contribution is -2.42. The lowest BCUT2D eigenvalue weighted by molar-refractivity contribution is 0.270. The highest BCUT2D eigenvalue weighted by Crippen LogP contribution is 2.26. The molecule has 0 radical (unpaired) electrons. The fourth-order valence-corrected chi connectivity index (χ4v) is 6.98. The zero-order chi connectivity index (χ0) is 25.1. The van der Waals surface area contributed by atoms with Crippen LogP contribution in [0.1, 0.15) is 22.3 Å². The maximum absolute atomic E-state index is 4.77. The van der Waals surface area contributed by atoms with E-state index in [4.69, 9.17) is 9.98 Å². The summed E-state index contributed by atoms with van der Waals surface area (Å²) < 4.78 is 0. The van der Waals surface area contributed by atoms with Crippen LogP contribution < -0.4 is 10.6 Å². The molecule has 0 bridgehead atoms. The Balaban J connectivity index is 1.01. The topological polar surface area (TPSA) is 55.3 Å². The summed E-state index contributed by atoms with van der Waals surface area (Å²) in [5.41, 5.74) is 5.56. The monoisotopic (exact) mass is 550 g/mol. The van der Waals surface area contributed by atoms with Gasteiger partial charge in [0.25, 0.3) is 0 Å². The Morgan fingerprint density at radius 1 is 0.676 bits per heavy atom. The van der Waals surface area contributed by atoms with E-state index in [1.165, 1.54) is 22.3 Å². The average molecular weight is 551 g/mol. The van der Waals surface area contributed by atoms with Crippen LogP contribution in [0.3, 0.4) is 0 Å². The number of nitrogens with one attached hydrogen (secondary N) is 2. The van der Waals surface area contributed by atoms with E-state index in [2.05, 4.69) is 91.9 Å². The van der Waals surface area contributed by atoms with Crippen LogP contribution >= 0.6 is 34.9 Å². The Labute approximate surface area is 232 Å². The Morgan fingerprint density at radius 3 is 1.54 bits per heavy atom. The molecule has 0 unspecified atom stereocenters. The molecule has 2 aliphatic rings. The highest BCUT2D eigenvalue weighted by atomic mass is 32.2. The van der Waals surface area contributed by atoms with Crippen molar-refractivity contribution < 1.29 is 0 Å². The van der Waals surface area contributed by atoms with Crippen LogP contribution in [0.5, 0.6) is 0 Å². The molecule has 1 aromatic heterocycles. The van der Waals surface area contributed by atoms with Crippen LogP contribution in [0.4, 0.5) is 0 Å². The Hall–Kier alpha value is -2.30. The maximum atomic E-state index is 4.77. The van der Waals surface area contributed by atoms with Crippen molar-refractivity contribution in [2.24, 2.45) is 9.98 Å². The normalized spacial score (nSPS) is 16.5. The van der Waals surface area contributed by atoms with Crippen molar-refractivity contribution in [1.82, 2.24) is 20.4 Å². The summed E-state index contributed by atoms with van der Waals surface area (Å²) in [6.07, 6.45) is 2.12. The summed E-state index contributed by atoms with van der Waals surface area (Å²) >= 11 is 5.40. The summed E-state index contributed by atoms with van der Waals surface area (Å²) in [6, 6.07) is 21.3. The van der Waals surface area contributed by atoms with Gasteiger partial charge in [-0.3, -0.25) is 9.80 Å². The summed E-state index contributed by atoms with van der Waals surface area (Å²) in [6.45, 7) is 5.29. The van der Waals surface area contributed by atoms with Gasteiger partial charge in [0.2, 0.25) is 0 Å². The van der Waals surface area contributed by atoms with Crippen LogP contribution in [0.25, 0.3) is 0 Å². The second-order valence-electron chi connectivity index (χ2n) is 9.14. The molecule has 9 heteroatoms. The average Bonchev–Trinajstić information content (AvgIpc) is 3.42. The van der Waals surface area contributed by atoms with E-state index in [0.717, 1.165) is 74.4 Å². The number of hydrogen-bond acceptors (Lipinski definition) is 9. The van der Waals surface area contributed by atoms with Crippen molar-refractivity contribution in [3.05, 3.63) is 93.7 Å². The van der Waals surface area contributed by atoms with Crippen LogP contribution in [0.15, 0.2) is 81.4 Å². The van der Waals surface area contributed by atoms with Crippen molar-refractivity contribution in [2.75, 3.05) is 39.8 Å². The Morgan fingerprint density at radius 2 is 1.14 bits per heavy atom. The summed E-state index contributed by atoms with van der Waals surface area (Å²) in [7, 11) is 0. The smallest absolute Gasteiger partial charge is 0.159 e. The molecule has 0 saturated carbocycles. The van der Waals surface area contributed by atoms with Gasteiger partial charge in [0.15, 0.2) is 10.3 Å². The molecule has 6 nitrogen and oxygen atoms in total. The third-order valence-corrected chi connectivity index (χ3v) is 9.26. The fraction of sp³-hybridized carbons (Fsp3) is 0.357.